The van der Waals surface area contributed by atoms with E-state index in [9.17, 15) is 35.7 Å². The van der Waals surface area contributed by atoms with Crippen molar-refractivity contribution in [3.05, 3.63) is 0 Å². The van der Waals surface area contributed by atoms with E-state index in [1.807, 2.05) is 0 Å². The molecule has 0 aromatic carbocycles. The van der Waals surface area contributed by atoms with E-state index in [1.54, 1.807) is 0 Å². The van der Waals surface area contributed by atoms with Gasteiger partial charge in [0.25, 0.3) is 0 Å². The summed E-state index contributed by atoms with van der Waals surface area (Å²) in [5, 5.41) is 76.5. The predicted octanol–water partition coefficient (Wildman–Crippen LogP) is -5.40. The van der Waals surface area contributed by atoms with Gasteiger partial charge in [-0.15, -0.1) is 0 Å². The van der Waals surface area contributed by atoms with Gasteiger partial charge in [-0.2, -0.15) is 0 Å². The van der Waals surface area contributed by atoms with E-state index >= 15 is 0 Å². The molecule has 2 fully saturated rings. The predicted molar refractivity (Wildman–Crippen MR) is 68.6 cm³/mol. The minimum absolute atomic E-state index is 0.667. The smallest absolute Gasteiger partial charge is 0.187 e. The van der Waals surface area contributed by atoms with Crippen LogP contribution < -0.4 is 0 Å². The summed E-state index contributed by atoms with van der Waals surface area (Å²) in [4.78, 5) is 0. The third-order valence-electron chi connectivity index (χ3n) is 3.98. The van der Waals surface area contributed by atoms with Crippen LogP contribution in [0.25, 0.3) is 0 Å². The Morgan fingerprint density at radius 3 is 1.83 bits per heavy atom. The van der Waals surface area contributed by atoms with E-state index in [0.29, 0.717) is 0 Å². The van der Waals surface area contributed by atoms with Gasteiger partial charge >= 0.3 is 0 Å². The van der Waals surface area contributed by atoms with E-state index in [2.05, 4.69) is 0 Å². The highest BCUT2D eigenvalue weighted by molar-refractivity contribution is 4.93. The first-order valence-electron chi connectivity index (χ1n) is 7.08. The molecule has 2 aliphatic heterocycles. The molecule has 136 valence electrons. The molecule has 11 nitrogen and oxygen atoms in total. The van der Waals surface area contributed by atoms with Gasteiger partial charge in [0.1, 0.15) is 48.8 Å². The monoisotopic (exact) mass is 342 g/mol. The van der Waals surface area contributed by atoms with Crippen molar-refractivity contribution in [2.75, 3.05) is 13.2 Å². The zero-order valence-electron chi connectivity index (χ0n) is 12.0. The minimum Gasteiger partial charge on any atom is -0.394 e. The maximum absolute atomic E-state index is 9.94. The molecule has 4 unspecified atom stereocenters. The van der Waals surface area contributed by atoms with Crippen LogP contribution in [0.2, 0.25) is 0 Å². The van der Waals surface area contributed by atoms with E-state index in [0.717, 1.165) is 0 Å². The van der Waals surface area contributed by atoms with Gasteiger partial charge in [-0.3, -0.25) is 0 Å². The highest BCUT2D eigenvalue weighted by Crippen LogP contribution is 2.28. The molecule has 2 heterocycles. The van der Waals surface area contributed by atoms with Gasteiger partial charge in [0.05, 0.1) is 13.2 Å². The highest BCUT2D eigenvalue weighted by Gasteiger charge is 2.50. The molecule has 2 saturated heterocycles. The van der Waals surface area contributed by atoms with Crippen LogP contribution in [-0.2, 0) is 14.2 Å². The summed E-state index contributed by atoms with van der Waals surface area (Å²) in [6, 6.07) is 0. The van der Waals surface area contributed by atoms with Crippen molar-refractivity contribution in [1.82, 2.24) is 0 Å². The summed E-state index contributed by atoms with van der Waals surface area (Å²) in [6.07, 6.45) is -15.6. The van der Waals surface area contributed by atoms with Crippen molar-refractivity contribution < 1.29 is 55.1 Å². The van der Waals surface area contributed by atoms with Crippen molar-refractivity contribution >= 4 is 0 Å². The van der Waals surface area contributed by atoms with E-state index in [1.165, 1.54) is 0 Å². The van der Waals surface area contributed by atoms with Crippen LogP contribution in [-0.4, -0.2) is 115 Å². The summed E-state index contributed by atoms with van der Waals surface area (Å²) < 4.78 is 15.3. The standard InChI is InChI=1S/C12H22O11/c13-1-3-5(15)6(16)9(19)12(22-3)23-10-4(2-14)21-11(20)8(18)7(10)17/h3-20H,1-2H2/t3?,4-,5-,6?,7-,8?,9-,10?,11-,12+/m1/s1. The van der Waals surface area contributed by atoms with Crippen molar-refractivity contribution in [2.45, 2.75) is 61.4 Å². The molecule has 23 heavy (non-hydrogen) atoms. The Kier molecular flexibility index (Phi) is 6.27. The first-order chi connectivity index (χ1) is 10.8. The Hall–Kier alpha value is -0.440. The number of rotatable bonds is 4. The van der Waals surface area contributed by atoms with Crippen LogP contribution in [0.3, 0.4) is 0 Å². The second-order valence-corrected chi connectivity index (χ2v) is 5.53. The molecule has 0 aromatic rings. The number of aliphatic hydroxyl groups excluding tert-OH is 8. The molecule has 0 aromatic heterocycles. The first-order valence-corrected chi connectivity index (χ1v) is 7.08. The van der Waals surface area contributed by atoms with Crippen LogP contribution in [0.15, 0.2) is 0 Å². The van der Waals surface area contributed by atoms with E-state index in [-0.39, 0.29) is 0 Å². The zero-order chi connectivity index (χ0) is 17.3. The molecule has 0 radical (unpaired) electrons. The fourth-order valence-electron chi connectivity index (χ4n) is 2.57. The molecular weight excluding hydrogens is 320 g/mol. The van der Waals surface area contributed by atoms with E-state index in [4.69, 9.17) is 19.3 Å². The van der Waals surface area contributed by atoms with Crippen molar-refractivity contribution in [2.24, 2.45) is 0 Å². The van der Waals surface area contributed by atoms with Gasteiger partial charge in [-0.05, 0) is 0 Å². The molecule has 8 N–H and O–H groups in total. The molecule has 0 amide bonds. The van der Waals surface area contributed by atoms with Crippen LogP contribution in [0.4, 0.5) is 0 Å². The molecule has 0 saturated carbocycles. The fourth-order valence-corrected chi connectivity index (χ4v) is 2.57. The SMILES string of the molecule is OCC1O[C@@H](OC2[C@H](O)C(O)[C@H](O)O[C@@H]2CO)[C@H](O)C(O)[C@@H]1O. The topological polar surface area (TPSA) is 190 Å². The van der Waals surface area contributed by atoms with Crippen LogP contribution >= 0.6 is 0 Å². The summed E-state index contributed by atoms with van der Waals surface area (Å²) in [6.45, 7) is -1.35. The molecule has 2 rings (SSSR count). The van der Waals surface area contributed by atoms with Crippen molar-refractivity contribution in [1.29, 1.82) is 0 Å². The zero-order valence-corrected chi connectivity index (χ0v) is 12.0. The Bertz CT molecular complexity index is 378. The van der Waals surface area contributed by atoms with Gasteiger partial charge in [0, 0.05) is 0 Å². The van der Waals surface area contributed by atoms with Gasteiger partial charge in [0.2, 0.25) is 0 Å². The Morgan fingerprint density at radius 1 is 0.652 bits per heavy atom. The lowest BCUT2D eigenvalue weighted by atomic mass is 9.97. The Balaban J connectivity index is 2.11. The fraction of sp³-hybridized carbons (Fsp3) is 1.00. The number of ether oxygens (including phenoxy) is 3. The quantitative estimate of drug-likeness (QED) is 0.243. The van der Waals surface area contributed by atoms with Crippen LogP contribution in [0.5, 0.6) is 0 Å². The largest absolute Gasteiger partial charge is 0.394 e. The molecule has 0 spiro atoms. The Morgan fingerprint density at radius 2 is 1.26 bits per heavy atom. The number of hydrogen-bond donors (Lipinski definition) is 8. The second kappa shape index (κ2) is 7.63. The lowest BCUT2D eigenvalue weighted by Crippen LogP contribution is -2.64. The molecule has 0 aliphatic carbocycles. The molecule has 2 aliphatic rings. The summed E-state index contributed by atoms with van der Waals surface area (Å²) in [7, 11) is 0. The minimum atomic E-state index is -1.74. The summed E-state index contributed by atoms with van der Waals surface area (Å²) in [5.41, 5.74) is 0. The van der Waals surface area contributed by atoms with Crippen molar-refractivity contribution in [3.8, 4) is 0 Å². The van der Waals surface area contributed by atoms with Gasteiger partial charge in [0.15, 0.2) is 12.6 Å². The van der Waals surface area contributed by atoms with Crippen LogP contribution in [0, 0.1) is 0 Å². The summed E-state index contributed by atoms with van der Waals surface area (Å²) >= 11 is 0. The second-order valence-electron chi connectivity index (χ2n) is 5.53. The first kappa shape index (κ1) is 18.9. The van der Waals surface area contributed by atoms with Gasteiger partial charge in [-0.1, -0.05) is 0 Å². The van der Waals surface area contributed by atoms with Crippen molar-refractivity contribution in [3.63, 3.8) is 0 Å². The lowest BCUT2D eigenvalue weighted by Gasteiger charge is -2.45. The molecule has 10 atom stereocenters. The maximum atomic E-state index is 9.94. The molecule has 11 heteroatoms. The summed E-state index contributed by atoms with van der Waals surface area (Å²) in [5.74, 6) is 0. The number of hydrogen-bond acceptors (Lipinski definition) is 11. The molecular formula is C12H22O11. The van der Waals surface area contributed by atoms with E-state index < -0.39 is 74.6 Å². The lowest BCUT2D eigenvalue weighted by molar-refractivity contribution is -0.355. The number of aliphatic hydroxyl groups is 8. The molecule has 0 bridgehead atoms. The average Bonchev–Trinajstić information content (AvgIpc) is 2.55. The Labute approximate surface area is 130 Å². The average molecular weight is 342 g/mol. The highest BCUT2D eigenvalue weighted by atomic mass is 16.7. The van der Waals surface area contributed by atoms with Gasteiger partial charge in [-0.25, -0.2) is 0 Å². The third-order valence-corrected chi connectivity index (χ3v) is 3.98. The maximum Gasteiger partial charge on any atom is 0.187 e. The van der Waals surface area contributed by atoms with Crippen LogP contribution in [0.1, 0.15) is 0 Å². The normalized spacial score (nSPS) is 51.7. The third kappa shape index (κ3) is 3.65. The van der Waals surface area contributed by atoms with Gasteiger partial charge < -0.3 is 55.1 Å².